The van der Waals surface area contributed by atoms with Crippen LogP contribution >= 0.6 is 0 Å². The van der Waals surface area contributed by atoms with Crippen molar-refractivity contribution in [3.05, 3.63) is 54.1 Å². The van der Waals surface area contributed by atoms with Crippen LogP contribution in [0, 0.1) is 0 Å². The van der Waals surface area contributed by atoms with Crippen LogP contribution in [-0.2, 0) is 5.41 Å². The van der Waals surface area contributed by atoms with E-state index in [0.29, 0.717) is 0 Å². The van der Waals surface area contributed by atoms with Gasteiger partial charge in [-0.1, -0.05) is 36.4 Å². The first-order chi connectivity index (χ1) is 6.17. The highest BCUT2D eigenvalue weighted by molar-refractivity contribution is 5.76. The Kier molecular flexibility index (Phi) is 1.66. The lowest BCUT2D eigenvalue weighted by molar-refractivity contribution is 0.775. The lowest BCUT2D eigenvalue weighted by atomic mass is 9.85. The van der Waals surface area contributed by atoms with Crippen molar-refractivity contribution >= 4 is 5.57 Å². The fourth-order valence-corrected chi connectivity index (χ4v) is 2.07. The van der Waals surface area contributed by atoms with Crippen molar-refractivity contribution < 1.29 is 0 Å². The minimum atomic E-state index is 0.0423. The Morgan fingerprint density at radius 3 is 2.69 bits per heavy atom. The number of benzene rings is 1. The van der Waals surface area contributed by atoms with Crippen LogP contribution in [0.3, 0.4) is 0 Å². The van der Waals surface area contributed by atoms with E-state index in [2.05, 4.69) is 50.8 Å². The van der Waals surface area contributed by atoms with Gasteiger partial charge in [0.25, 0.3) is 0 Å². The average Bonchev–Trinajstić information content (AvgIpc) is 2.42. The van der Waals surface area contributed by atoms with E-state index in [9.17, 15) is 0 Å². The highest BCUT2D eigenvalue weighted by Crippen LogP contribution is 2.40. The largest absolute Gasteiger partial charge is 0.102 e. The maximum Gasteiger partial charge on any atom is 0.0293 e. The molecule has 66 valence electrons. The summed E-state index contributed by atoms with van der Waals surface area (Å²) in [6.45, 7) is 8.27. The third-order valence-electron chi connectivity index (χ3n) is 2.87. The number of hydrogen-bond acceptors (Lipinski definition) is 0. The highest BCUT2D eigenvalue weighted by atomic mass is 14.3. The van der Waals surface area contributed by atoms with Crippen LogP contribution in [-0.4, -0.2) is 0 Å². The molecule has 0 heteroatoms. The van der Waals surface area contributed by atoms with E-state index in [0.717, 1.165) is 0 Å². The summed E-state index contributed by atoms with van der Waals surface area (Å²) in [5.41, 5.74) is 4.14. The summed E-state index contributed by atoms with van der Waals surface area (Å²) < 4.78 is 0. The minimum Gasteiger partial charge on any atom is -0.102 e. The first kappa shape index (κ1) is 8.31. The van der Waals surface area contributed by atoms with Gasteiger partial charge in [-0.15, -0.1) is 6.58 Å². The van der Waals surface area contributed by atoms with E-state index in [1.54, 1.807) is 0 Å². The standard InChI is InChI=1S/C13H14/c1-4-13(3)9-10(2)11-7-5-6-8-12(11)13/h4-9H,1H2,2-3H3. The first-order valence-electron chi connectivity index (χ1n) is 4.60. The molecule has 0 saturated heterocycles. The predicted octanol–water partition coefficient (Wildman–Crippen LogP) is 3.55. The molecule has 1 aromatic rings. The average molecular weight is 170 g/mol. The second kappa shape index (κ2) is 2.59. The molecular formula is C13H14. The summed E-state index contributed by atoms with van der Waals surface area (Å²) >= 11 is 0. The smallest absolute Gasteiger partial charge is 0.0293 e. The van der Waals surface area contributed by atoms with Gasteiger partial charge in [0.05, 0.1) is 0 Å². The van der Waals surface area contributed by atoms with Crippen LogP contribution in [0.5, 0.6) is 0 Å². The third-order valence-corrected chi connectivity index (χ3v) is 2.87. The monoisotopic (exact) mass is 170 g/mol. The molecule has 0 amide bonds. The van der Waals surface area contributed by atoms with Crippen molar-refractivity contribution in [2.75, 3.05) is 0 Å². The van der Waals surface area contributed by atoms with Crippen LogP contribution in [0.2, 0.25) is 0 Å². The lowest BCUT2D eigenvalue weighted by Gasteiger charge is -2.18. The lowest BCUT2D eigenvalue weighted by Crippen LogP contribution is -2.12. The summed E-state index contributed by atoms with van der Waals surface area (Å²) in [4.78, 5) is 0. The van der Waals surface area contributed by atoms with Gasteiger partial charge in [0.1, 0.15) is 0 Å². The minimum absolute atomic E-state index is 0.0423. The van der Waals surface area contributed by atoms with Crippen LogP contribution in [0.1, 0.15) is 25.0 Å². The molecular weight excluding hydrogens is 156 g/mol. The quantitative estimate of drug-likeness (QED) is 0.565. The highest BCUT2D eigenvalue weighted by Gasteiger charge is 2.28. The molecule has 0 heterocycles. The number of hydrogen-bond donors (Lipinski definition) is 0. The zero-order valence-corrected chi connectivity index (χ0v) is 8.17. The topological polar surface area (TPSA) is 0 Å². The molecule has 1 atom stereocenters. The van der Waals surface area contributed by atoms with Crippen LogP contribution < -0.4 is 0 Å². The summed E-state index contributed by atoms with van der Waals surface area (Å²) in [5, 5.41) is 0. The molecule has 0 N–H and O–H groups in total. The van der Waals surface area contributed by atoms with Crippen molar-refractivity contribution in [3.63, 3.8) is 0 Å². The van der Waals surface area contributed by atoms with Gasteiger partial charge in [-0.25, -0.2) is 0 Å². The van der Waals surface area contributed by atoms with Gasteiger partial charge in [-0.3, -0.25) is 0 Å². The van der Waals surface area contributed by atoms with Gasteiger partial charge < -0.3 is 0 Å². The second-order valence-corrected chi connectivity index (χ2v) is 3.86. The third kappa shape index (κ3) is 1.06. The maximum absolute atomic E-state index is 3.90. The molecule has 13 heavy (non-hydrogen) atoms. The Hall–Kier alpha value is -1.30. The van der Waals surface area contributed by atoms with Crippen molar-refractivity contribution in [1.82, 2.24) is 0 Å². The second-order valence-electron chi connectivity index (χ2n) is 3.86. The SMILES string of the molecule is C=CC1(C)C=C(C)c2ccccc21. The van der Waals surface area contributed by atoms with E-state index in [1.807, 2.05) is 6.08 Å². The maximum atomic E-state index is 3.90. The normalized spacial score (nSPS) is 25.2. The Balaban J connectivity index is 2.69. The fraction of sp³-hybridized carbons (Fsp3) is 0.231. The van der Waals surface area contributed by atoms with E-state index in [4.69, 9.17) is 0 Å². The molecule has 0 aliphatic heterocycles. The Labute approximate surface area is 79.6 Å². The van der Waals surface area contributed by atoms with Gasteiger partial charge in [0.15, 0.2) is 0 Å². The van der Waals surface area contributed by atoms with E-state index >= 15 is 0 Å². The van der Waals surface area contributed by atoms with Crippen molar-refractivity contribution in [3.8, 4) is 0 Å². The summed E-state index contributed by atoms with van der Waals surface area (Å²) in [6, 6.07) is 8.54. The molecule has 0 bridgehead atoms. The van der Waals surface area contributed by atoms with Crippen molar-refractivity contribution in [2.24, 2.45) is 0 Å². The molecule has 0 radical (unpaired) electrons. The molecule has 1 aromatic carbocycles. The van der Waals surface area contributed by atoms with E-state index in [1.165, 1.54) is 16.7 Å². The van der Waals surface area contributed by atoms with Gasteiger partial charge in [0, 0.05) is 5.41 Å². The molecule has 0 nitrogen and oxygen atoms in total. The van der Waals surface area contributed by atoms with Gasteiger partial charge in [-0.2, -0.15) is 0 Å². The molecule has 0 aromatic heterocycles. The zero-order valence-electron chi connectivity index (χ0n) is 8.17. The van der Waals surface area contributed by atoms with Crippen LogP contribution in [0.4, 0.5) is 0 Å². The molecule has 1 unspecified atom stereocenters. The molecule has 0 saturated carbocycles. The summed E-state index contributed by atoms with van der Waals surface area (Å²) in [7, 11) is 0. The Morgan fingerprint density at radius 2 is 2.00 bits per heavy atom. The molecule has 0 fully saturated rings. The number of rotatable bonds is 1. The molecule has 1 aliphatic carbocycles. The van der Waals surface area contributed by atoms with Gasteiger partial charge in [0.2, 0.25) is 0 Å². The van der Waals surface area contributed by atoms with E-state index in [-0.39, 0.29) is 5.41 Å². The first-order valence-corrected chi connectivity index (χ1v) is 4.60. The van der Waals surface area contributed by atoms with Crippen molar-refractivity contribution in [1.29, 1.82) is 0 Å². The van der Waals surface area contributed by atoms with Crippen LogP contribution in [0.25, 0.3) is 5.57 Å². The van der Waals surface area contributed by atoms with Gasteiger partial charge in [-0.05, 0) is 30.5 Å². The van der Waals surface area contributed by atoms with Crippen molar-refractivity contribution in [2.45, 2.75) is 19.3 Å². The number of fused-ring (bicyclic) bond motifs is 1. The molecule has 2 rings (SSSR count). The van der Waals surface area contributed by atoms with Crippen LogP contribution in [0.15, 0.2) is 43.0 Å². The Morgan fingerprint density at radius 1 is 1.31 bits per heavy atom. The van der Waals surface area contributed by atoms with E-state index < -0.39 is 0 Å². The fourth-order valence-electron chi connectivity index (χ4n) is 2.07. The zero-order chi connectivity index (χ0) is 9.47. The van der Waals surface area contributed by atoms with Gasteiger partial charge >= 0.3 is 0 Å². The number of allylic oxidation sites excluding steroid dienone is 3. The predicted molar refractivity (Wildman–Crippen MR) is 57.6 cm³/mol. The molecule has 0 spiro atoms. The Bertz CT molecular complexity index is 385. The molecule has 1 aliphatic rings. The summed E-state index contributed by atoms with van der Waals surface area (Å²) in [5.74, 6) is 0. The summed E-state index contributed by atoms with van der Waals surface area (Å²) in [6.07, 6.45) is 4.30.